The van der Waals surface area contributed by atoms with Gasteiger partial charge in [-0.1, -0.05) is 6.07 Å². The number of pyridine rings is 2. The predicted molar refractivity (Wildman–Crippen MR) is 91.8 cm³/mol. The lowest BCUT2D eigenvalue weighted by Crippen LogP contribution is -2.47. The Labute approximate surface area is 140 Å². The summed E-state index contributed by atoms with van der Waals surface area (Å²) in [5.74, 6) is -0.183. The molecule has 24 heavy (non-hydrogen) atoms. The summed E-state index contributed by atoms with van der Waals surface area (Å²) in [7, 11) is 0. The fraction of sp³-hybridized carbons (Fsp3) is 0.389. The van der Waals surface area contributed by atoms with Crippen LogP contribution in [0.5, 0.6) is 0 Å². The molecule has 0 spiro atoms. The van der Waals surface area contributed by atoms with Crippen molar-refractivity contribution < 1.29 is 4.79 Å². The Bertz CT molecular complexity index is 757. The Hall–Kier alpha value is -2.47. The molecule has 1 aliphatic heterocycles. The van der Waals surface area contributed by atoms with Gasteiger partial charge in [-0.3, -0.25) is 19.5 Å². The number of nitrogens with one attached hydrogen (secondary N) is 2. The van der Waals surface area contributed by atoms with E-state index in [1.54, 1.807) is 19.2 Å². The normalized spacial score (nSPS) is 18.3. The van der Waals surface area contributed by atoms with Crippen LogP contribution in [0.1, 0.15) is 34.5 Å². The van der Waals surface area contributed by atoms with E-state index in [1.807, 2.05) is 12.3 Å². The molecule has 0 saturated carbocycles. The molecule has 3 rings (SSSR count). The first-order chi connectivity index (χ1) is 11.6. The van der Waals surface area contributed by atoms with Gasteiger partial charge in [0.2, 0.25) is 5.56 Å². The van der Waals surface area contributed by atoms with E-state index in [4.69, 9.17) is 0 Å². The smallest absolute Gasteiger partial charge is 0.251 e. The Morgan fingerprint density at radius 1 is 1.46 bits per heavy atom. The molecule has 1 aliphatic rings. The Kier molecular flexibility index (Phi) is 5.05. The minimum atomic E-state index is -0.248. The number of carbonyl (C=O) groups is 1. The van der Waals surface area contributed by atoms with Crippen LogP contribution in [-0.4, -0.2) is 39.9 Å². The molecule has 0 aromatic carbocycles. The molecule has 0 aliphatic carbocycles. The molecule has 2 aromatic rings. The van der Waals surface area contributed by atoms with Gasteiger partial charge in [0, 0.05) is 48.8 Å². The van der Waals surface area contributed by atoms with Crippen molar-refractivity contribution in [3.05, 3.63) is 63.8 Å². The number of carbonyl (C=O) groups excluding carboxylic acids is 1. The number of hydrogen-bond acceptors (Lipinski definition) is 4. The molecule has 3 heterocycles. The third-order valence-electron chi connectivity index (χ3n) is 4.21. The van der Waals surface area contributed by atoms with Gasteiger partial charge in [0.1, 0.15) is 0 Å². The minimum Gasteiger partial charge on any atom is -0.348 e. The van der Waals surface area contributed by atoms with Crippen molar-refractivity contribution in [1.82, 2.24) is 20.2 Å². The summed E-state index contributed by atoms with van der Waals surface area (Å²) in [5.41, 5.74) is 2.03. The highest BCUT2D eigenvalue weighted by atomic mass is 16.2. The second kappa shape index (κ2) is 7.40. The van der Waals surface area contributed by atoms with Gasteiger partial charge in [-0.05, 0) is 44.0 Å². The SMILES string of the molecule is Cc1cc(C(=O)N[C@@H]2CCCN(Cc3cccnc3)C2)cc(=O)[nH]1. The van der Waals surface area contributed by atoms with E-state index in [-0.39, 0.29) is 17.5 Å². The van der Waals surface area contributed by atoms with Crippen LogP contribution in [0, 0.1) is 6.92 Å². The first-order valence-electron chi connectivity index (χ1n) is 8.23. The summed E-state index contributed by atoms with van der Waals surface area (Å²) in [6.45, 7) is 4.44. The topological polar surface area (TPSA) is 78.1 Å². The molecule has 0 bridgehead atoms. The third kappa shape index (κ3) is 4.29. The molecule has 6 nitrogen and oxygen atoms in total. The third-order valence-corrected chi connectivity index (χ3v) is 4.21. The van der Waals surface area contributed by atoms with E-state index in [0.717, 1.165) is 32.5 Å². The maximum Gasteiger partial charge on any atom is 0.251 e. The standard InChI is InChI=1S/C18H22N4O2/c1-13-8-15(9-17(23)20-13)18(24)21-16-5-3-7-22(12-16)11-14-4-2-6-19-10-14/h2,4,6,8-10,16H,3,5,7,11-12H2,1H3,(H,20,23)(H,21,24)/t16-/m1/s1. The average Bonchev–Trinajstić information content (AvgIpc) is 2.55. The zero-order valence-electron chi connectivity index (χ0n) is 13.8. The van der Waals surface area contributed by atoms with Gasteiger partial charge in [-0.25, -0.2) is 0 Å². The lowest BCUT2D eigenvalue weighted by atomic mass is 10.0. The largest absolute Gasteiger partial charge is 0.348 e. The van der Waals surface area contributed by atoms with Crippen LogP contribution in [-0.2, 0) is 6.54 Å². The summed E-state index contributed by atoms with van der Waals surface area (Å²) < 4.78 is 0. The van der Waals surface area contributed by atoms with Crippen molar-refractivity contribution in [2.24, 2.45) is 0 Å². The summed E-state index contributed by atoms with van der Waals surface area (Å²) in [6, 6.07) is 7.15. The number of aromatic nitrogens is 2. The molecular weight excluding hydrogens is 304 g/mol. The summed E-state index contributed by atoms with van der Waals surface area (Å²) in [6.07, 6.45) is 5.64. The van der Waals surface area contributed by atoms with Gasteiger partial charge in [-0.2, -0.15) is 0 Å². The number of hydrogen-bond donors (Lipinski definition) is 2. The monoisotopic (exact) mass is 326 g/mol. The maximum absolute atomic E-state index is 12.4. The van der Waals surface area contributed by atoms with Crippen LogP contribution in [0.25, 0.3) is 0 Å². The van der Waals surface area contributed by atoms with Gasteiger partial charge in [0.15, 0.2) is 0 Å². The molecule has 126 valence electrons. The summed E-state index contributed by atoms with van der Waals surface area (Å²) in [5, 5.41) is 3.06. The van der Waals surface area contributed by atoms with Crippen molar-refractivity contribution >= 4 is 5.91 Å². The molecular formula is C18H22N4O2. The number of rotatable bonds is 4. The van der Waals surface area contributed by atoms with Crippen molar-refractivity contribution in [3.8, 4) is 0 Å². The van der Waals surface area contributed by atoms with Crippen LogP contribution in [0.4, 0.5) is 0 Å². The van der Waals surface area contributed by atoms with Crippen molar-refractivity contribution in [2.75, 3.05) is 13.1 Å². The quantitative estimate of drug-likeness (QED) is 0.892. The van der Waals surface area contributed by atoms with Crippen LogP contribution >= 0.6 is 0 Å². The first-order valence-corrected chi connectivity index (χ1v) is 8.23. The lowest BCUT2D eigenvalue weighted by molar-refractivity contribution is 0.0900. The van der Waals surface area contributed by atoms with Gasteiger partial charge in [0.05, 0.1) is 0 Å². The van der Waals surface area contributed by atoms with Crippen LogP contribution in [0.15, 0.2) is 41.5 Å². The molecule has 2 aromatic heterocycles. The number of aromatic amines is 1. The Morgan fingerprint density at radius 3 is 3.08 bits per heavy atom. The van der Waals surface area contributed by atoms with Crippen molar-refractivity contribution in [2.45, 2.75) is 32.4 Å². The van der Waals surface area contributed by atoms with Gasteiger partial charge in [-0.15, -0.1) is 0 Å². The number of amides is 1. The molecule has 1 amide bonds. The maximum atomic E-state index is 12.4. The zero-order chi connectivity index (χ0) is 16.9. The van der Waals surface area contributed by atoms with E-state index < -0.39 is 0 Å². The van der Waals surface area contributed by atoms with Crippen molar-refractivity contribution in [1.29, 1.82) is 0 Å². The average molecular weight is 326 g/mol. The van der Waals surface area contributed by atoms with E-state index >= 15 is 0 Å². The van der Waals surface area contributed by atoms with E-state index in [0.29, 0.717) is 11.3 Å². The number of nitrogens with zero attached hydrogens (tertiary/aromatic N) is 2. The van der Waals surface area contributed by atoms with Crippen LogP contribution < -0.4 is 10.9 Å². The minimum absolute atomic E-state index is 0.0996. The first kappa shape index (κ1) is 16.4. The summed E-state index contributed by atoms with van der Waals surface area (Å²) >= 11 is 0. The molecule has 1 saturated heterocycles. The summed E-state index contributed by atoms with van der Waals surface area (Å²) in [4.78, 5) is 33.0. The van der Waals surface area contributed by atoms with Gasteiger partial charge in [0.25, 0.3) is 5.91 Å². The lowest BCUT2D eigenvalue weighted by Gasteiger charge is -2.33. The fourth-order valence-corrected chi connectivity index (χ4v) is 3.15. The van der Waals surface area contributed by atoms with E-state index in [2.05, 4.69) is 26.3 Å². The fourth-order valence-electron chi connectivity index (χ4n) is 3.15. The number of H-pyrrole nitrogens is 1. The molecule has 2 N–H and O–H groups in total. The number of aryl methyl sites for hydroxylation is 1. The highest BCUT2D eigenvalue weighted by molar-refractivity contribution is 5.94. The Morgan fingerprint density at radius 2 is 2.33 bits per heavy atom. The molecule has 1 atom stereocenters. The van der Waals surface area contributed by atoms with Crippen LogP contribution in [0.2, 0.25) is 0 Å². The second-order valence-corrected chi connectivity index (χ2v) is 6.33. The second-order valence-electron chi connectivity index (χ2n) is 6.33. The van der Waals surface area contributed by atoms with Gasteiger partial charge < -0.3 is 10.3 Å². The van der Waals surface area contributed by atoms with E-state index in [1.165, 1.54) is 11.6 Å². The molecule has 0 radical (unpaired) electrons. The highest BCUT2D eigenvalue weighted by Gasteiger charge is 2.22. The zero-order valence-corrected chi connectivity index (χ0v) is 13.8. The van der Waals surface area contributed by atoms with Crippen LogP contribution in [0.3, 0.4) is 0 Å². The Balaban J connectivity index is 1.60. The molecule has 0 unspecified atom stereocenters. The van der Waals surface area contributed by atoms with Gasteiger partial charge >= 0.3 is 0 Å². The molecule has 1 fully saturated rings. The van der Waals surface area contributed by atoms with E-state index in [9.17, 15) is 9.59 Å². The highest BCUT2D eigenvalue weighted by Crippen LogP contribution is 2.14. The predicted octanol–water partition coefficient (Wildman–Crippen LogP) is 1.47. The number of piperidine rings is 1. The van der Waals surface area contributed by atoms with Crippen molar-refractivity contribution in [3.63, 3.8) is 0 Å². The molecule has 6 heteroatoms. The number of likely N-dealkylation sites (tertiary alicyclic amines) is 1.